The topological polar surface area (TPSA) is 29.5 Å². The molecular formula is C46H27NO2S. The fourth-order valence-electron chi connectivity index (χ4n) is 7.61. The molecule has 0 atom stereocenters. The number of thiophene rings is 1. The monoisotopic (exact) mass is 657 g/mol. The molecule has 0 bridgehead atoms. The first kappa shape index (κ1) is 27.6. The van der Waals surface area contributed by atoms with E-state index in [9.17, 15) is 0 Å². The number of nitrogens with zero attached hydrogens (tertiary/aromatic N) is 1. The van der Waals surface area contributed by atoms with Gasteiger partial charge in [-0.3, -0.25) is 0 Å². The quantitative estimate of drug-likeness (QED) is 0.189. The Balaban J connectivity index is 1.04. The molecule has 0 aliphatic carbocycles. The van der Waals surface area contributed by atoms with Gasteiger partial charge in [0, 0.05) is 70.9 Å². The third-order valence-electron chi connectivity index (χ3n) is 10.0. The maximum Gasteiger partial charge on any atom is 0.137 e. The van der Waals surface area contributed by atoms with Crippen LogP contribution >= 0.6 is 11.3 Å². The summed E-state index contributed by atoms with van der Waals surface area (Å²) in [6.45, 7) is 0. The van der Waals surface area contributed by atoms with E-state index < -0.39 is 0 Å². The lowest BCUT2D eigenvalue weighted by Crippen LogP contribution is -2.09. The lowest BCUT2D eigenvalue weighted by Gasteiger charge is -2.25. The highest BCUT2D eigenvalue weighted by atomic mass is 32.1. The Morgan fingerprint density at radius 3 is 1.58 bits per heavy atom. The molecule has 3 aromatic heterocycles. The van der Waals surface area contributed by atoms with Gasteiger partial charge in [-0.1, -0.05) is 78.9 Å². The van der Waals surface area contributed by atoms with Crippen LogP contribution in [0.3, 0.4) is 0 Å². The smallest absolute Gasteiger partial charge is 0.137 e. The molecule has 0 saturated heterocycles. The predicted molar refractivity (Wildman–Crippen MR) is 212 cm³/mol. The summed E-state index contributed by atoms with van der Waals surface area (Å²) < 4.78 is 15.3. The largest absolute Gasteiger partial charge is 0.456 e. The van der Waals surface area contributed by atoms with Crippen molar-refractivity contribution in [2.75, 3.05) is 4.90 Å². The molecule has 4 heteroatoms. The first-order chi connectivity index (χ1) is 24.7. The van der Waals surface area contributed by atoms with Crippen molar-refractivity contribution in [3.05, 3.63) is 164 Å². The van der Waals surface area contributed by atoms with Crippen LogP contribution in [0.25, 0.3) is 85.9 Å². The van der Waals surface area contributed by atoms with Gasteiger partial charge in [0.1, 0.15) is 22.3 Å². The van der Waals surface area contributed by atoms with E-state index in [2.05, 4.69) is 144 Å². The first-order valence-electron chi connectivity index (χ1n) is 16.8. The Hall–Kier alpha value is -6.36. The van der Waals surface area contributed by atoms with Crippen LogP contribution in [0.2, 0.25) is 0 Å². The van der Waals surface area contributed by atoms with Crippen molar-refractivity contribution in [2.24, 2.45) is 0 Å². The minimum atomic E-state index is 0.860. The van der Waals surface area contributed by atoms with Crippen molar-refractivity contribution in [2.45, 2.75) is 0 Å². The maximum absolute atomic E-state index is 6.34. The van der Waals surface area contributed by atoms with Gasteiger partial charge in [0.2, 0.25) is 0 Å². The van der Waals surface area contributed by atoms with Crippen molar-refractivity contribution in [3.8, 4) is 11.1 Å². The van der Waals surface area contributed by atoms with Crippen LogP contribution in [0.15, 0.2) is 173 Å². The van der Waals surface area contributed by atoms with Crippen molar-refractivity contribution in [1.82, 2.24) is 0 Å². The molecule has 0 saturated carbocycles. The van der Waals surface area contributed by atoms with E-state index in [-0.39, 0.29) is 0 Å². The summed E-state index contributed by atoms with van der Waals surface area (Å²) in [5, 5.41) is 9.62. The molecule has 0 unspecified atom stereocenters. The van der Waals surface area contributed by atoms with Crippen LogP contribution in [0.1, 0.15) is 0 Å². The van der Waals surface area contributed by atoms with E-state index in [1.807, 2.05) is 35.6 Å². The van der Waals surface area contributed by atoms with Gasteiger partial charge in [-0.15, -0.1) is 11.3 Å². The Morgan fingerprint density at radius 1 is 0.340 bits per heavy atom. The van der Waals surface area contributed by atoms with Gasteiger partial charge >= 0.3 is 0 Å². The summed E-state index contributed by atoms with van der Waals surface area (Å²) in [5.41, 5.74) is 8.94. The van der Waals surface area contributed by atoms with Gasteiger partial charge in [-0.25, -0.2) is 0 Å². The zero-order valence-electron chi connectivity index (χ0n) is 26.8. The highest BCUT2D eigenvalue weighted by Gasteiger charge is 2.18. The molecular weight excluding hydrogens is 631 g/mol. The first-order valence-corrected chi connectivity index (χ1v) is 17.6. The lowest BCUT2D eigenvalue weighted by molar-refractivity contribution is 0.669. The lowest BCUT2D eigenvalue weighted by atomic mass is 9.99. The number of hydrogen-bond acceptors (Lipinski definition) is 4. The van der Waals surface area contributed by atoms with Crippen molar-refractivity contribution >= 4 is 103 Å². The summed E-state index contributed by atoms with van der Waals surface area (Å²) in [6.07, 6.45) is 0. The van der Waals surface area contributed by atoms with E-state index in [1.165, 1.54) is 42.1 Å². The minimum Gasteiger partial charge on any atom is -0.456 e. The number of anilines is 3. The summed E-state index contributed by atoms with van der Waals surface area (Å²) in [6, 6.07) is 58.5. The normalized spacial score (nSPS) is 12.0. The van der Waals surface area contributed by atoms with Gasteiger partial charge in [0.05, 0.1) is 0 Å². The van der Waals surface area contributed by atoms with Crippen LogP contribution in [-0.4, -0.2) is 0 Å². The summed E-state index contributed by atoms with van der Waals surface area (Å²) >= 11 is 1.86. The van der Waals surface area contributed by atoms with Crippen LogP contribution in [0.4, 0.5) is 17.1 Å². The Kier molecular flexibility index (Phi) is 5.83. The molecule has 11 aromatic rings. The Labute approximate surface area is 290 Å². The Bertz CT molecular complexity index is 2990. The summed E-state index contributed by atoms with van der Waals surface area (Å²) in [7, 11) is 0. The molecule has 3 heterocycles. The average molecular weight is 658 g/mol. The van der Waals surface area contributed by atoms with Crippen LogP contribution in [0, 0.1) is 0 Å². The molecule has 0 aliphatic heterocycles. The molecule has 234 valence electrons. The third kappa shape index (κ3) is 4.22. The van der Waals surface area contributed by atoms with Gasteiger partial charge in [-0.05, 0) is 94.7 Å². The van der Waals surface area contributed by atoms with Crippen LogP contribution in [-0.2, 0) is 0 Å². The molecule has 0 fully saturated rings. The molecule has 3 nitrogen and oxygen atoms in total. The number of fused-ring (bicyclic) bond motifs is 10. The fourth-order valence-corrected chi connectivity index (χ4v) is 8.74. The van der Waals surface area contributed by atoms with Gasteiger partial charge < -0.3 is 13.7 Å². The van der Waals surface area contributed by atoms with Gasteiger partial charge in [0.25, 0.3) is 0 Å². The van der Waals surface area contributed by atoms with E-state index >= 15 is 0 Å². The average Bonchev–Trinajstić information content (AvgIpc) is 3.84. The predicted octanol–water partition coefficient (Wildman–Crippen LogP) is 14.1. The number of para-hydroxylation sites is 2. The zero-order valence-corrected chi connectivity index (χ0v) is 27.6. The SMILES string of the molecule is c1ccc2c(c1)oc1cc(N(c3ccc(-c4ccc5cc6sc7ccccc7c6cc5c4)cc3)c3ccc4c(c3)oc3ccccc34)ccc12. The van der Waals surface area contributed by atoms with Crippen molar-refractivity contribution in [1.29, 1.82) is 0 Å². The van der Waals surface area contributed by atoms with Crippen LogP contribution in [0.5, 0.6) is 0 Å². The molecule has 0 amide bonds. The summed E-state index contributed by atoms with van der Waals surface area (Å²) in [5.74, 6) is 0. The van der Waals surface area contributed by atoms with Crippen molar-refractivity contribution < 1.29 is 8.83 Å². The second kappa shape index (κ2) is 10.6. The number of rotatable bonds is 4. The van der Waals surface area contributed by atoms with E-state index in [0.29, 0.717) is 0 Å². The number of hydrogen-bond donors (Lipinski definition) is 0. The van der Waals surface area contributed by atoms with E-state index in [0.717, 1.165) is 60.9 Å². The maximum atomic E-state index is 6.34. The van der Waals surface area contributed by atoms with E-state index in [1.54, 1.807) is 0 Å². The van der Waals surface area contributed by atoms with E-state index in [4.69, 9.17) is 8.83 Å². The van der Waals surface area contributed by atoms with Gasteiger partial charge in [-0.2, -0.15) is 0 Å². The molecule has 50 heavy (non-hydrogen) atoms. The highest BCUT2D eigenvalue weighted by Crippen LogP contribution is 2.42. The zero-order chi connectivity index (χ0) is 32.8. The Morgan fingerprint density at radius 2 is 0.900 bits per heavy atom. The second-order valence-corrected chi connectivity index (χ2v) is 14.0. The molecule has 8 aromatic carbocycles. The minimum absolute atomic E-state index is 0.860. The number of furan rings is 2. The molecule has 0 spiro atoms. The fraction of sp³-hybridized carbons (Fsp3) is 0. The van der Waals surface area contributed by atoms with Crippen LogP contribution < -0.4 is 4.90 Å². The molecule has 0 aliphatic rings. The molecule has 0 radical (unpaired) electrons. The van der Waals surface area contributed by atoms with Crippen molar-refractivity contribution in [3.63, 3.8) is 0 Å². The second-order valence-electron chi connectivity index (χ2n) is 12.9. The number of benzene rings is 8. The van der Waals surface area contributed by atoms with Gasteiger partial charge in [0.15, 0.2) is 0 Å². The standard InChI is InChI=1S/C46H27NO2S/c1-4-10-41-35(7-1)37-21-19-33(26-43(37)48-41)47(34-20-22-38-36-8-2-5-11-42(36)49-44(38)27-34)32-17-15-28(16-18-32)29-13-14-30-25-46-40(24-31(30)23-29)39-9-3-6-12-45(39)50-46/h1-27H. The highest BCUT2D eigenvalue weighted by molar-refractivity contribution is 7.25. The molecule has 11 rings (SSSR count). The summed E-state index contributed by atoms with van der Waals surface area (Å²) in [4.78, 5) is 2.28. The third-order valence-corrected chi connectivity index (χ3v) is 11.2. The molecule has 0 N–H and O–H groups in total.